The lowest BCUT2D eigenvalue weighted by molar-refractivity contribution is 0.113. The zero-order chi connectivity index (χ0) is 9.26. The van der Waals surface area contributed by atoms with Gasteiger partial charge >= 0.3 is 6.09 Å². The van der Waals surface area contributed by atoms with Gasteiger partial charge in [0.05, 0.1) is 6.04 Å². The van der Waals surface area contributed by atoms with E-state index in [1.807, 2.05) is 0 Å². The number of hydrogen-bond donors (Lipinski definition) is 1. The van der Waals surface area contributed by atoms with Crippen molar-refractivity contribution >= 4 is 6.09 Å². The molecule has 1 heterocycles. The number of ether oxygens (including phenoxy) is 1. The van der Waals surface area contributed by atoms with Gasteiger partial charge in [-0.2, -0.15) is 0 Å². The predicted molar refractivity (Wildman–Crippen MR) is 48.3 cm³/mol. The van der Waals surface area contributed by atoms with Crippen molar-refractivity contribution in [3.8, 4) is 0 Å². The van der Waals surface area contributed by atoms with Gasteiger partial charge < -0.3 is 15.4 Å². The second-order valence-corrected chi connectivity index (χ2v) is 3.76. The normalized spacial score (nSPS) is 33.0. The average molecular weight is 184 g/mol. The third kappa shape index (κ3) is 1.50. The molecule has 1 saturated carbocycles. The standard InChI is InChI=1S/C9H16N2O2/c10-5-6-11-7-3-1-2-4-8(7)13-9(11)12/h7-8H,1-6,10H2/t7-,8-/m1/s1. The van der Waals surface area contributed by atoms with Crippen LogP contribution in [0.3, 0.4) is 0 Å². The van der Waals surface area contributed by atoms with Gasteiger partial charge in [0.15, 0.2) is 0 Å². The Kier molecular flexibility index (Phi) is 2.40. The number of carbonyl (C=O) groups excluding carboxylic acids is 1. The van der Waals surface area contributed by atoms with Gasteiger partial charge in [-0.25, -0.2) is 4.79 Å². The molecule has 4 nitrogen and oxygen atoms in total. The van der Waals surface area contributed by atoms with E-state index in [9.17, 15) is 4.79 Å². The second kappa shape index (κ2) is 3.54. The van der Waals surface area contributed by atoms with Crippen LogP contribution in [0, 0.1) is 0 Å². The number of rotatable bonds is 2. The molecule has 0 bridgehead atoms. The molecule has 4 heteroatoms. The summed E-state index contributed by atoms with van der Waals surface area (Å²) in [6.45, 7) is 1.16. The van der Waals surface area contributed by atoms with Crippen molar-refractivity contribution in [3.63, 3.8) is 0 Å². The summed E-state index contributed by atoms with van der Waals surface area (Å²) in [5.41, 5.74) is 5.44. The van der Waals surface area contributed by atoms with E-state index < -0.39 is 0 Å². The molecule has 1 aliphatic heterocycles. The molecular formula is C9H16N2O2. The Hall–Kier alpha value is -0.770. The lowest BCUT2D eigenvalue weighted by Gasteiger charge is -2.27. The zero-order valence-corrected chi connectivity index (χ0v) is 7.74. The van der Waals surface area contributed by atoms with E-state index in [0.29, 0.717) is 19.1 Å². The third-order valence-corrected chi connectivity index (χ3v) is 2.92. The molecule has 13 heavy (non-hydrogen) atoms. The van der Waals surface area contributed by atoms with Crippen LogP contribution in [0.1, 0.15) is 25.7 Å². The fourth-order valence-electron chi connectivity index (χ4n) is 2.30. The Morgan fingerprint density at radius 1 is 1.46 bits per heavy atom. The van der Waals surface area contributed by atoms with Crippen molar-refractivity contribution in [2.75, 3.05) is 13.1 Å². The molecule has 0 aromatic heterocycles. The molecule has 1 saturated heterocycles. The SMILES string of the molecule is NCCN1C(=O)O[C@@H]2CCCC[C@H]21. The number of fused-ring (bicyclic) bond motifs is 1. The van der Waals surface area contributed by atoms with Crippen LogP contribution in [-0.2, 0) is 4.74 Å². The number of nitrogens with zero attached hydrogens (tertiary/aromatic N) is 1. The fraction of sp³-hybridized carbons (Fsp3) is 0.889. The third-order valence-electron chi connectivity index (χ3n) is 2.92. The Balaban J connectivity index is 2.04. The molecule has 0 aromatic rings. The van der Waals surface area contributed by atoms with Crippen LogP contribution in [0.5, 0.6) is 0 Å². The van der Waals surface area contributed by atoms with E-state index in [-0.39, 0.29) is 12.2 Å². The molecule has 0 aromatic carbocycles. The summed E-state index contributed by atoms with van der Waals surface area (Å²) in [6.07, 6.45) is 4.48. The van der Waals surface area contributed by atoms with E-state index in [1.54, 1.807) is 4.90 Å². The first kappa shape index (κ1) is 8.81. The summed E-state index contributed by atoms with van der Waals surface area (Å²) in [6, 6.07) is 0.310. The minimum Gasteiger partial charge on any atom is -0.444 e. The van der Waals surface area contributed by atoms with E-state index in [1.165, 1.54) is 12.8 Å². The molecule has 0 spiro atoms. The molecule has 74 valence electrons. The first-order valence-electron chi connectivity index (χ1n) is 5.00. The van der Waals surface area contributed by atoms with Crippen molar-refractivity contribution in [1.29, 1.82) is 0 Å². The molecule has 2 fully saturated rings. The van der Waals surface area contributed by atoms with Crippen LogP contribution in [0.4, 0.5) is 4.79 Å². The topological polar surface area (TPSA) is 55.6 Å². The Morgan fingerprint density at radius 2 is 2.23 bits per heavy atom. The van der Waals surface area contributed by atoms with Crippen LogP contribution in [0.2, 0.25) is 0 Å². The molecule has 1 amide bonds. The first-order chi connectivity index (χ1) is 6.33. The summed E-state index contributed by atoms with van der Waals surface area (Å²) in [5.74, 6) is 0. The van der Waals surface area contributed by atoms with Crippen LogP contribution in [-0.4, -0.2) is 36.2 Å². The van der Waals surface area contributed by atoms with Crippen molar-refractivity contribution < 1.29 is 9.53 Å². The number of hydrogen-bond acceptors (Lipinski definition) is 3. The fourth-order valence-corrected chi connectivity index (χ4v) is 2.30. The van der Waals surface area contributed by atoms with Crippen molar-refractivity contribution in [1.82, 2.24) is 4.90 Å². The molecular weight excluding hydrogens is 168 g/mol. The zero-order valence-electron chi connectivity index (χ0n) is 7.74. The molecule has 2 rings (SSSR count). The van der Waals surface area contributed by atoms with Gasteiger partial charge in [0.2, 0.25) is 0 Å². The highest BCUT2D eigenvalue weighted by molar-refractivity contribution is 5.70. The van der Waals surface area contributed by atoms with Gasteiger partial charge in [-0.3, -0.25) is 0 Å². The summed E-state index contributed by atoms with van der Waals surface area (Å²) in [5, 5.41) is 0. The van der Waals surface area contributed by atoms with Gasteiger partial charge in [-0.15, -0.1) is 0 Å². The maximum absolute atomic E-state index is 11.4. The van der Waals surface area contributed by atoms with Crippen LogP contribution in [0.15, 0.2) is 0 Å². The highest BCUT2D eigenvalue weighted by Crippen LogP contribution is 2.31. The van der Waals surface area contributed by atoms with Gasteiger partial charge in [0, 0.05) is 13.1 Å². The molecule has 2 atom stereocenters. The largest absolute Gasteiger partial charge is 0.444 e. The molecule has 0 radical (unpaired) electrons. The predicted octanol–water partition coefficient (Wildman–Crippen LogP) is 0.708. The lowest BCUT2D eigenvalue weighted by atomic mass is 9.92. The van der Waals surface area contributed by atoms with Crippen molar-refractivity contribution in [3.05, 3.63) is 0 Å². The quantitative estimate of drug-likeness (QED) is 0.687. The van der Waals surface area contributed by atoms with Crippen LogP contribution < -0.4 is 5.73 Å². The van der Waals surface area contributed by atoms with Gasteiger partial charge in [0.25, 0.3) is 0 Å². The second-order valence-electron chi connectivity index (χ2n) is 3.76. The minimum absolute atomic E-state index is 0.146. The average Bonchev–Trinajstić information content (AvgIpc) is 2.44. The maximum atomic E-state index is 11.4. The molecule has 1 aliphatic carbocycles. The monoisotopic (exact) mass is 184 g/mol. The summed E-state index contributed by atoms with van der Waals surface area (Å²) >= 11 is 0. The smallest absolute Gasteiger partial charge is 0.410 e. The highest BCUT2D eigenvalue weighted by atomic mass is 16.6. The first-order valence-corrected chi connectivity index (χ1v) is 5.00. The lowest BCUT2D eigenvalue weighted by Crippen LogP contribution is -2.41. The summed E-state index contributed by atoms with van der Waals surface area (Å²) in [4.78, 5) is 13.2. The summed E-state index contributed by atoms with van der Waals surface area (Å²) < 4.78 is 5.26. The maximum Gasteiger partial charge on any atom is 0.410 e. The van der Waals surface area contributed by atoms with E-state index >= 15 is 0 Å². The molecule has 0 unspecified atom stereocenters. The van der Waals surface area contributed by atoms with E-state index in [2.05, 4.69) is 0 Å². The molecule has 2 aliphatic rings. The Bertz CT molecular complexity index is 208. The van der Waals surface area contributed by atoms with Crippen molar-refractivity contribution in [2.45, 2.75) is 37.8 Å². The van der Waals surface area contributed by atoms with Crippen LogP contribution >= 0.6 is 0 Å². The van der Waals surface area contributed by atoms with E-state index in [4.69, 9.17) is 10.5 Å². The van der Waals surface area contributed by atoms with Gasteiger partial charge in [0.1, 0.15) is 6.10 Å². The number of amides is 1. The number of nitrogens with two attached hydrogens (primary N) is 1. The van der Waals surface area contributed by atoms with Gasteiger partial charge in [-0.1, -0.05) is 6.42 Å². The van der Waals surface area contributed by atoms with Crippen LogP contribution in [0.25, 0.3) is 0 Å². The van der Waals surface area contributed by atoms with Crippen molar-refractivity contribution in [2.24, 2.45) is 5.73 Å². The minimum atomic E-state index is -0.164. The van der Waals surface area contributed by atoms with Gasteiger partial charge in [-0.05, 0) is 19.3 Å². The highest BCUT2D eigenvalue weighted by Gasteiger charge is 2.41. The Morgan fingerprint density at radius 3 is 3.00 bits per heavy atom. The van der Waals surface area contributed by atoms with E-state index in [0.717, 1.165) is 12.8 Å². The Labute approximate surface area is 78.0 Å². The molecule has 2 N–H and O–H groups in total. The summed E-state index contributed by atoms with van der Waals surface area (Å²) in [7, 11) is 0. The number of carbonyl (C=O) groups is 1.